The molecule has 0 spiro atoms. The number of hydrogen-bond acceptors (Lipinski definition) is 3. The van der Waals surface area contributed by atoms with Crippen molar-refractivity contribution in [1.82, 2.24) is 0 Å². The summed E-state index contributed by atoms with van der Waals surface area (Å²) < 4.78 is 16.9. The van der Waals surface area contributed by atoms with Gasteiger partial charge < -0.3 is 13.3 Å². The highest BCUT2D eigenvalue weighted by atomic mass is 28.4. The normalized spacial score (nSPS) is 13.3. The maximum Gasteiger partial charge on any atom is 0.501 e. The highest BCUT2D eigenvalue weighted by Crippen LogP contribution is 2.15. The monoisotopic (exact) mass is 219 g/mol. The molecule has 0 fully saturated rings. The zero-order valence-corrected chi connectivity index (χ0v) is 11.2. The lowest BCUT2D eigenvalue weighted by Gasteiger charge is -2.31. The first-order chi connectivity index (χ1) is 6.25. The Balaban J connectivity index is 4.32. The third-order valence-corrected chi connectivity index (χ3v) is 3.74. The fraction of sp³-hybridized carbons (Fsp3) is 0.900. The van der Waals surface area contributed by atoms with Gasteiger partial charge in [-0.15, -0.1) is 0 Å². The van der Waals surface area contributed by atoms with E-state index in [4.69, 9.17) is 13.3 Å². The lowest BCUT2D eigenvalue weighted by atomic mass is 10.5. The van der Waals surface area contributed by atoms with Crippen molar-refractivity contribution in [3.8, 4) is 0 Å². The summed E-state index contributed by atoms with van der Waals surface area (Å²) in [6.07, 6.45) is 0.241. The molecule has 0 bridgehead atoms. The minimum absolute atomic E-state index is 0.0802. The van der Waals surface area contributed by atoms with Crippen LogP contribution >= 0.6 is 0 Å². The summed E-state index contributed by atoms with van der Waals surface area (Å²) in [7, 11) is -2.69. The molecule has 3 nitrogen and oxygen atoms in total. The Morgan fingerprint density at radius 1 is 0.714 bits per heavy atom. The Hall–Kier alpha value is 0.0969. The predicted molar refractivity (Wildman–Crippen MR) is 59.8 cm³/mol. The molecule has 4 heteroatoms. The smallest absolute Gasteiger partial charge is 0.371 e. The van der Waals surface area contributed by atoms with Gasteiger partial charge in [-0.05, 0) is 41.5 Å². The first-order valence-corrected chi connectivity index (χ1v) is 7.07. The van der Waals surface area contributed by atoms with Crippen LogP contribution in [0.4, 0.5) is 0 Å². The molecular weight excluding hydrogens is 196 g/mol. The predicted octanol–water partition coefficient (Wildman–Crippen LogP) is 2.57. The molecule has 0 aliphatic heterocycles. The lowest BCUT2D eigenvalue weighted by molar-refractivity contribution is 0.0132. The van der Waals surface area contributed by atoms with Gasteiger partial charge in [0.05, 0.1) is 0 Å². The Labute approximate surface area is 89.1 Å². The molecule has 0 aliphatic carbocycles. The summed E-state index contributed by atoms with van der Waals surface area (Å²) >= 11 is 0. The molecule has 85 valence electrons. The Bertz CT molecular complexity index is 131. The van der Waals surface area contributed by atoms with Crippen molar-refractivity contribution in [2.24, 2.45) is 0 Å². The van der Waals surface area contributed by atoms with Crippen LogP contribution in [0.1, 0.15) is 41.5 Å². The summed E-state index contributed by atoms with van der Waals surface area (Å²) in [6, 6.07) is 0. The van der Waals surface area contributed by atoms with E-state index in [-0.39, 0.29) is 18.3 Å². The van der Waals surface area contributed by atoms with Crippen LogP contribution in [0.25, 0.3) is 0 Å². The van der Waals surface area contributed by atoms with E-state index < -0.39 is 8.80 Å². The average Bonchev–Trinajstić information content (AvgIpc) is 1.76. The summed E-state index contributed by atoms with van der Waals surface area (Å²) in [5.41, 5.74) is 0. The van der Waals surface area contributed by atoms with Gasteiger partial charge in [-0.3, -0.25) is 0 Å². The lowest BCUT2D eigenvalue weighted by Crippen LogP contribution is -2.48. The first kappa shape index (κ1) is 14.1. The summed E-state index contributed by atoms with van der Waals surface area (Å²) in [5, 5.41) is 0. The van der Waals surface area contributed by atoms with E-state index in [9.17, 15) is 0 Å². The fourth-order valence-electron chi connectivity index (χ4n) is 1.16. The third kappa shape index (κ3) is 6.54. The van der Waals surface area contributed by atoms with Gasteiger partial charge in [0.2, 0.25) is 0 Å². The zero-order chi connectivity index (χ0) is 11.4. The van der Waals surface area contributed by atoms with Crippen LogP contribution in [-0.2, 0) is 13.3 Å². The zero-order valence-electron chi connectivity index (χ0n) is 10.2. The van der Waals surface area contributed by atoms with E-state index in [1.807, 2.05) is 41.5 Å². The van der Waals surface area contributed by atoms with E-state index >= 15 is 0 Å². The summed E-state index contributed by atoms with van der Waals surface area (Å²) in [5.74, 6) is 0. The standard InChI is InChI=1S/C10H23O3Si/c1-8(2)11-14(7,12-9(3)4)13-10(5)6/h8-10H,7H2,1-6H3. The van der Waals surface area contributed by atoms with Crippen LogP contribution in [0.2, 0.25) is 0 Å². The SMILES string of the molecule is [CH2][Si](OC(C)C)(OC(C)C)OC(C)C. The van der Waals surface area contributed by atoms with Crippen LogP contribution in [0.15, 0.2) is 0 Å². The Morgan fingerprint density at radius 3 is 1.07 bits per heavy atom. The van der Waals surface area contributed by atoms with E-state index in [0.29, 0.717) is 0 Å². The minimum atomic E-state index is -2.69. The van der Waals surface area contributed by atoms with Crippen LogP contribution in [-0.4, -0.2) is 27.1 Å². The van der Waals surface area contributed by atoms with Crippen molar-refractivity contribution in [3.05, 3.63) is 6.55 Å². The molecule has 0 amide bonds. The second-order valence-corrected chi connectivity index (χ2v) is 6.26. The van der Waals surface area contributed by atoms with E-state index in [1.165, 1.54) is 0 Å². The summed E-state index contributed by atoms with van der Waals surface area (Å²) in [6.45, 7) is 15.7. The molecule has 0 aromatic carbocycles. The molecular formula is C10H23O3Si. The van der Waals surface area contributed by atoms with Crippen molar-refractivity contribution < 1.29 is 13.3 Å². The molecule has 0 heterocycles. The average molecular weight is 219 g/mol. The minimum Gasteiger partial charge on any atom is -0.371 e. The molecule has 0 aromatic heterocycles. The Morgan fingerprint density at radius 2 is 0.929 bits per heavy atom. The van der Waals surface area contributed by atoms with Gasteiger partial charge in [0, 0.05) is 24.9 Å². The van der Waals surface area contributed by atoms with E-state index in [1.54, 1.807) is 0 Å². The van der Waals surface area contributed by atoms with Gasteiger partial charge in [0.1, 0.15) is 0 Å². The van der Waals surface area contributed by atoms with Crippen LogP contribution in [0.3, 0.4) is 0 Å². The van der Waals surface area contributed by atoms with Gasteiger partial charge in [-0.1, -0.05) is 0 Å². The Kier molecular flexibility index (Phi) is 5.89. The molecule has 14 heavy (non-hydrogen) atoms. The third-order valence-electron chi connectivity index (χ3n) is 1.25. The van der Waals surface area contributed by atoms with Crippen LogP contribution < -0.4 is 0 Å². The van der Waals surface area contributed by atoms with E-state index in [2.05, 4.69) is 6.55 Å². The van der Waals surface area contributed by atoms with Crippen molar-refractivity contribution in [1.29, 1.82) is 0 Å². The molecule has 0 saturated heterocycles. The number of hydrogen-bond donors (Lipinski definition) is 0. The largest absolute Gasteiger partial charge is 0.501 e. The maximum atomic E-state index is 5.64. The summed E-state index contributed by atoms with van der Waals surface area (Å²) in [4.78, 5) is 0. The molecule has 0 unspecified atom stereocenters. The van der Waals surface area contributed by atoms with Crippen molar-refractivity contribution in [2.75, 3.05) is 0 Å². The fourth-order valence-corrected chi connectivity index (χ4v) is 3.48. The van der Waals surface area contributed by atoms with Gasteiger partial charge in [0.25, 0.3) is 0 Å². The molecule has 0 atom stereocenters. The molecule has 0 rings (SSSR count). The highest BCUT2D eigenvalue weighted by Gasteiger charge is 2.38. The number of rotatable bonds is 6. The topological polar surface area (TPSA) is 27.7 Å². The van der Waals surface area contributed by atoms with Crippen molar-refractivity contribution in [2.45, 2.75) is 59.9 Å². The molecule has 0 saturated carbocycles. The van der Waals surface area contributed by atoms with Crippen LogP contribution in [0, 0.1) is 6.55 Å². The van der Waals surface area contributed by atoms with Gasteiger partial charge in [0.15, 0.2) is 0 Å². The molecule has 1 radical (unpaired) electrons. The van der Waals surface area contributed by atoms with Crippen LogP contribution in [0.5, 0.6) is 0 Å². The second-order valence-electron chi connectivity index (χ2n) is 4.18. The first-order valence-electron chi connectivity index (χ1n) is 5.14. The highest BCUT2D eigenvalue weighted by molar-refractivity contribution is 6.62. The molecule has 0 aliphatic rings. The van der Waals surface area contributed by atoms with E-state index in [0.717, 1.165) is 0 Å². The molecule has 0 N–H and O–H groups in total. The van der Waals surface area contributed by atoms with Crippen molar-refractivity contribution >= 4 is 8.80 Å². The maximum absolute atomic E-state index is 5.64. The van der Waals surface area contributed by atoms with Crippen molar-refractivity contribution in [3.63, 3.8) is 0 Å². The quantitative estimate of drug-likeness (QED) is 0.643. The van der Waals surface area contributed by atoms with Gasteiger partial charge in [-0.25, -0.2) is 0 Å². The van der Waals surface area contributed by atoms with Gasteiger partial charge >= 0.3 is 8.80 Å². The second kappa shape index (κ2) is 5.85. The molecule has 0 aromatic rings. The van der Waals surface area contributed by atoms with Gasteiger partial charge in [-0.2, -0.15) is 0 Å².